The molecule has 0 aliphatic rings. The van der Waals surface area contributed by atoms with Crippen LogP contribution in [0.3, 0.4) is 0 Å². The summed E-state index contributed by atoms with van der Waals surface area (Å²) in [4.78, 5) is 0. The number of rotatable bonds is 9. The maximum Gasteiger partial charge on any atom is -0.00773 e. The van der Waals surface area contributed by atoms with Crippen LogP contribution in [0, 0.1) is 5.92 Å². The topological polar surface area (TPSA) is 26.0 Å². The molecule has 0 aromatic rings. The zero-order valence-electron chi connectivity index (χ0n) is 9.52. The smallest absolute Gasteiger partial charge is 0.00773 e. The molecule has 0 rings (SSSR count). The third-order valence-electron chi connectivity index (χ3n) is 2.49. The van der Waals surface area contributed by atoms with Gasteiger partial charge < -0.3 is 5.73 Å². The average molecular weight is 185 g/mol. The van der Waals surface area contributed by atoms with Gasteiger partial charge in [0.15, 0.2) is 0 Å². The van der Waals surface area contributed by atoms with E-state index in [2.05, 4.69) is 13.8 Å². The lowest BCUT2D eigenvalue weighted by Gasteiger charge is -2.03. The molecule has 0 atom stereocenters. The molecule has 80 valence electrons. The summed E-state index contributed by atoms with van der Waals surface area (Å²) >= 11 is 0. The van der Waals surface area contributed by atoms with Crippen LogP contribution in [-0.4, -0.2) is 6.54 Å². The molecule has 0 saturated heterocycles. The van der Waals surface area contributed by atoms with Gasteiger partial charge in [-0.3, -0.25) is 0 Å². The molecule has 0 amide bonds. The van der Waals surface area contributed by atoms with E-state index in [1.54, 1.807) is 0 Å². The average Bonchev–Trinajstić information content (AvgIpc) is 2.09. The fourth-order valence-electron chi connectivity index (χ4n) is 1.58. The number of nitrogens with two attached hydrogens (primary N) is 1. The van der Waals surface area contributed by atoms with Crippen LogP contribution in [0.4, 0.5) is 0 Å². The van der Waals surface area contributed by atoms with Crippen molar-refractivity contribution in [3.63, 3.8) is 0 Å². The summed E-state index contributed by atoms with van der Waals surface area (Å²) in [5, 5.41) is 0. The van der Waals surface area contributed by atoms with Gasteiger partial charge in [-0.25, -0.2) is 0 Å². The maximum atomic E-state index is 5.42. The number of hydrogen-bond donors (Lipinski definition) is 1. The Bertz CT molecular complexity index is 89.1. The SMILES string of the molecule is CC(C)CCCCCCCCCN. The van der Waals surface area contributed by atoms with Crippen molar-refractivity contribution in [1.29, 1.82) is 0 Å². The van der Waals surface area contributed by atoms with Crippen LogP contribution in [-0.2, 0) is 0 Å². The monoisotopic (exact) mass is 185 g/mol. The fraction of sp³-hybridized carbons (Fsp3) is 1.00. The van der Waals surface area contributed by atoms with Crippen LogP contribution in [0.5, 0.6) is 0 Å². The summed E-state index contributed by atoms with van der Waals surface area (Å²) in [5.41, 5.74) is 5.42. The normalized spacial score (nSPS) is 11.1. The largest absolute Gasteiger partial charge is 0.330 e. The van der Waals surface area contributed by atoms with Gasteiger partial charge >= 0.3 is 0 Å². The molecule has 0 spiro atoms. The number of hydrogen-bond acceptors (Lipinski definition) is 1. The van der Waals surface area contributed by atoms with E-state index < -0.39 is 0 Å². The maximum absolute atomic E-state index is 5.42. The molecule has 0 aromatic carbocycles. The van der Waals surface area contributed by atoms with E-state index >= 15 is 0 Å². The molecule has 0 aliphatic heterocycles. The van der Waals surface area contributed by atoms with Gasteiger partial charge in [-0.15, -0.1) is 0 Å². The first kappa shape index (κ1) is 13.0. The highest BCUT2D eigenvalue weighted by atomic mass is 14.5. The Morgan fingerprint density at radius 3 is 1.69 bits per heavy atom. The third kappa shape index (κ3) is 12.0. The van der Waals surface area contributed by atoms with Crippen LogP contribution in [0.2, 0.25) is 0 Å². The van der Waals surface area contributed by atoms with Gasteiger partial charge in [0.1, 0.15) is 0 Å². The highest BCUT2D eigenvalue weighted by Gasteiger charge is 1.94. The van der Waals surface area contributed by atoms with Crippen LogP contribution in [0.1, 0.15) is 65.2 Å². The predicted octanol–water partition coefficient (Wildman–Crippen LogP) is 3.72. The van der Waals surface area contributed by atoms with Gasteiger partial charge in [0.05, 0.1) is 0 Å². The van der Waals surface area contributed by atoms with Crippen molar-refractivity contribution >= 4 is 0 Å². The van der Waals surface area contributed by atoms with Gasteiger partial charge in [0.25, 0.3) is 0 Å². The van der Waals surface area contributed by atoms with Crippen LogP contribution in [0.25, 0.3) is 0 Å². The summed E-state index contributed by atoms with van der Waals surface area (Å²) in [5.74, 6) is 0.886. The molecule has 13 heavy (non-hydrogen) atoms. The Morgan fingerprint density at radius 2 is 1.23 bits per heavy atom. The van der Waals surface area contributed by atoms with Gasteiger partial charge in [0.2, 0.25) is 0 Å². The lowest BCUT2D eigenvalue weighted by Crippen LogP contribution is -1.97. The van der Waals surface area contributed by atoms with E-state index in [0.29, 0.717) is 0 Å². The fourth-order valence-corrected chi connectivity index (χ4v) is 1.58. The van der Waals surface area contributed by atoms with Crippen molar-refractivity contribution in [2.24, 2.45) is 11.7 Å². The van der Waals surface area contributed by atoms with E-state index in [0.717, 1.165) is 12.5 Å². The molecule has 1 nitrogen and oxygen atoms in total. The molecule has 1 heteroatoms. The molecule has 0 fully saturated rings. The highest BCUT2D eigenvalue weighted by Crippen LogP contribution is 2.11. The summed E-state index contributed by atoms with van der Waals surface area (Å²) in [6.45, 7) is 5.48. The summed E-state index contributed by atoms with van der Waals surface area (Å²) < 4.78 is 0. The summed E-state index contributed by atoms with van der Waals surface area (Å²) in [7, 11) is 0. The Hall–Kier alpha value is -0.0400. The second-order valence-corrected chi connectivity index (χ2v) is 4.45. The van der Waals surface area contributed by atoms with Crippen molar-refractivity contribution in [3.8, 4) is 0 Å². The van der Waals surface area contributed by atoms with Crippen LogP contribution >= 0.6 is 0 Å². The first-order chi connectivity index (χ1) is 6.27. The first-order valence-corrected chi connectivity index (χ1v) is 5.97. The highest BCUT2D eigenvalue weighted by molar-refractivity contribution is 4.49. The summed E-state index contributed by atoms with van der Waals surface area (Å²) in [6.07, 6.45) is 11.0. The van der Waals surface area contributed by atoms with Crippen molar-refractivity contribution in [2.75, 3.05) is 6.54 Å². The van der Waals surface area contributed by atoms with Gasteiger partial charge in [0, 0.05) is 0 Å². The zero-order valence-corrected chi connectivity index (χ0v) is 9.52. The molecule has 0 heterocycles. The minimum Gasteiger partial charge on any atom is -0.330 e. The van der Waals surface area contributed by atoms with Gasteiger partial charge in [-0.05, 0) is 18.9 Å². The molecule has 0 aromatic heterocycles. The summed E-state index contributed by atoms with van der Waals surface area (Å²) in [6, 6.07) is 0. The predicted molar refractivity (Wildman–Crippen MR) is 60.8 cm³/mol. The van der Waals surface area contributed by atoms with Crippen LogP contribution in [0.15, 0.2) is 0 Å². The second-order valence-electron chi connectivity index (χ2n) is 4.45. The molecule has 0 bridgehead atoms. The molecule has 0 aliphatic carbocycles. The Labute approximate surface area is 84.1 Å². The van der Waals surface area contributed by atoms with Crippen molar-refractivity contribution in [1.82, 2.24) is 0 Å². The molecular weight excluding hydrogens is 158 g/mol. The quantitative estimate of drug-likeness (QED) is 0.544. The van der Waals surface area contributed by atoms with E-state index in [1.807, 2.05) is 0 Å². The molecule has 0 unspecified atom stereocenters. The van der Waals surface area contributed by atoms with E-state index in [4.69, 9.17) is 5.73 Å². The van der Waals surface area contributed by atoms with Crippen LogP contribution < -0.4 is 5.73 Å². The van der Waals surface area contributed by atoms with Crippen molar-refractivity contribution in [3.05, 3.63) is 0 Å². The Morgan fingerprint density at radius 1 is 0.769 bits per heavy atom. The van der Waals surface area contributed by atoms with Crippen molar-refractivity contribution in [2.45, 2.75) is 65.2 Å². The first-order valence-electron chi connectivity index (χ1n) is 5.97. The molecule has 2 N–H and O–H groups in total. The van der Waals surface area contributed by atoms with E-state index in [1.165, 1.54) is 51.4 Å². The molecule has 0 saturated carbocycles. The van der Waals surface area contributed by atoms with E-state index in [9.17, 15) is 0 Å². The second kappa shape index (κ2) is 10.0. The Kier molecular flexibility index (Phi) is 10.0. The third-order valence-corrected chi connectivity index (χ3v) is 2.49. The molecule has 0 radical (unpaired) electrons. The molecular formula is C12H27N. The zero-order chi connectivity index (χ0) is 9.94. The van der Waals surface area contributed by atoms with Gasteiger partial charge in [-0.2, -0.15) is 0 Å². The van der Waals surface area contributed by atoms with Crippen molar-refractivity contribution < 1.29 is 0 Å². The van der Waals surface area contributed by atoms with Gasteiger partial charge in [-0.1, -0.05) is 58.8 Å². The number of unbranched alkanes of at least 4 members (excludes halogenated alkanes) is 6. The lowest BCUT2D eigenvalue weighted by atomic mass is 10.0. The minimum atomic E-state index is 0.868. The van der Waals surface area contributed by atoms with E-state index in [-0.39, 0.29) is 0 Å². The Balaban J connectivity index is 2.84. The lowest BCUT2D eigenvalue weighted by molar-refractivity contribution is 0.510. The minimum absolute atomic E-state index is 0.868. The standard InChI is InChI=1S/C12H27N/c1-12(2)10-8-6-4-3-5-7-9-11-13/h12H,3-11,13H2,1-2H3.